The molecular formula is C17H11Cl2NO2S2. The first kappa shape index (κ1) is 17.3. The molecule has 7 heteroatoms. The van der Waals surface area contributed by atoms with E-state index in [0.717, 1.165) is 16.7 Å². The highest BCUT2D eigenvalue weighted by molar-refractivity contribution is 8.26. The number of rotatable bonds is 3. The van der Waals surface area contributed by atoms with Crippen LogP contribution in [0.5, 0.6) is 5.75 Å². The quantitative estimate of drug-likeness (QED) is 0.575. The summed E-state index contributed by atoms with van der Waals surface area (Å²) in [6.07, 6.45) is 1.78. The molecule has 0 bridgehead atoms. The van der Waals surface area contributed by atoms with E-state index in [1.165, 1.54) is 11.8 Å². The molecule has 2 aromatic rings. The van der Waals surface area contributed by atoms with Crippen LogP contribution in [-0.4, -0.2) is 17.3 Å². The molecule has 1 amide bonds. The van der Waals surface area contributed by atoms with Gasteiger partial charge in [-0.3, -0.25) is 4.79 Å². The van der Waals surface area contributed by atoms with Crippen molar-refractivity contribution in [3.8, 4) is 16.9 Å². The highest BCUT2D eigenvalue weighted by Crippen LogP contribution is 2.38. The number of halogens is 2. The summed E-state index contributed by atoms with van der Waals surface area (Å²) in [5.74, 6) is 0.475. The lowest BCUT2D eigenvalue weighted by Gasteiger charge is -2.12. The van der Waals surface area contributed by atoms with Crippen molar-refractivity contribution >= 4 is 63.5 Å². The zero-order chi connectivity index (χ0) is 17.3. The number of hydrogen-bond acceptors (Lipinski definition) is 4. The van der Waals surface area contributed by atoms with Crippen molar-refractivity contribution in [1.82, 2.24) is 5.32 Å². The average molecular weight is 396 g/mol. The number of ether oxygens (including phenoxy) is 1. The molecule has 0 aliphatic carbocycles. The van der Waals surface area contributed by atoms with E-state index >= 15 is 0 Å². The van der Waals surface area contributed by atoms with Crippen LogP contribution in [0.4, 0.5) is 0 Å². The van der Waals surface area contributed by atoms with Gasteiger partial charge in [0.25, 0.3) is 5.91 Å². The van der Waals surface area contributed by atoms with Crippen LogP contribution in [0.3, 0.4) is 0 Å². The second-order valence-corrected chi connectivity index (χ2v) is 7.50. The summed E-state index contributed by atoms with van der Waals surface area (Å²) in [5, 5.41) is 3.74. The minimum absolute atomic E-state index is 0.192. The molecule has 1 aliphatic rings. The molecule has 0 spiro atoms. The monoisotopic (exact) mass is 395 g/mol. The predicted octanol–water partition coefficient (Wildman–Crippen LogP) is 5.16. The smallest absolute Gasteiger partial charge is 0.263 e. The minimum Gasteiger partial charge on any atom is -0.496 e. The molecule has 0 unspecified atom stereocenters. The van der Waals surface area contributed by atoms with Gasteiger partial charge in [-0.2, -0.15) is 0 Å². The Balaban J connectivity index is 2.09. The Morgan fingerprint density at radius 1 is 1.17 bits per heavy atom. The van der Waals surface area contributed by atoms with E-state index in [4.69, 9.17) is 40.2 Å². The maximum absolute atomic E-state index is 11.8. The van der Waals surface area contributed by atoms with Gasteiger partial charge >= 0.3 is 0 Å². The summed E-state index contributed by atoms with van der Waals surface area (Å²) in [6.45, 7) is 0. The van der Waals surface area contributed by atoms with Gasteiger partial charge in [-0.1, -0.05) is 53.2 Å². The van der Waals surface area contributed by atoms with Crippen molar-refractivity contribution in [3.05, 3.63) is 56.9 Å². The Bertz CT molecular complexity index is 881. The van der Waals surface area contributed by atoms with Crippen LogP contribution >= 0.6 is 47.2 Å². The van der Waals surface area contributed by atoms with E-state index in [1.807, 2.05) is 18.2 Å². The standard InChI is InChI=1S/C17H11Cl2NO2S2/c1-22-14-5-2-9(7-15-16(21)20-17(23)24-15)6-12(14)11-8-10(18)3-4-13(11)19/h2-8H,1H3,(H,20,21,23). The van der Waals surface area contributed by atoms with Crippen LogP contribution in [-0.2, 0) is 4.79 Å². The zero-order valence-corrected chi connectivity index (χ0v) is 15.6. The molecule has 1 aliphatic heterocycles. The molecule has 122 valence electrons. The number of nitrogens with one attached hydrogen (secondary N) is 1. The second kappa shape index (κ2) is 7.15. The van der Waals surface area contributed by atoms with Crippen molar-refractivity contribution in [1.29, 1.82) is 0 Å². The number of carbonyl (C=O) groups is 1. The van der Waals surface area contributed by atoms with Gasteiger partial charge in [0.2, 0.25) is 0 Å². The molecule has 0 atom stereocenters. The molecule has 0 saturated carbocycles. The van der Waals surface area contributed by atoms with Crippen molar-refractivity contribution in [2.45, 2.75) is 0 Å². The molecule has 2 aromatic carbocycles. The molecular weight excluding hydrogens is 385 g/mol. The fourth-order valence-electron chi connectivity index (χ4n) is 2.30. The van der Waals surface area contributed by atoms with E-state index < -0.39 is 0 Å². The Kier molecular flexibility index (Phi) is 5.15. The van der Waals surface area contributed by atoms with Crippen molar-refractivity contribution in [2.75, 3.05) is 7.11 Å². The third-order valence-electron chi connectivity index (χ3n) is 3.38. The molecule has 1 N–H and O–H groups in total. The third-order valence-corrected chi connectivity index (χ3v) is 5.11. The molecule has 1 saturated heterocycles. The van der Waals surface area contributed by atoms with Gasteiger partial charge in [-0.15, -0.1) is 0 Å². The van der Waals surface area contributed by atoms with Crippen LogP contribution in [0, 0.1) is 0 Å². The van der Waals surface area contributed by atoms with E-state index in [-0.39, 0.29) is 5.91 Å². The zero-order valence-electron chi connectivity index (χ0n) is 12.4. The molecule has 1 heterocycles. The van der Waals surface area contributed by atoms with Gasteiger partial charge in [0.15, 0.2) is 0 Å². The first-order valence-corrected chi connectivity index (χ1v) is 8.84. The fraction of sp³-hybridized carbons (Fsp3) is 0.0588. The number of amides is 1. The summed E-state index contributed by atoms with van der Waals surface area (Å²) >= 11 is 18.6. The normalized spacial score (nSPS) is 15.7. The Hall–Kier alpha value is -1.53. The Morgan fingerprint density at radius 2 is 1.96 bits per heavy atom. The summed E-state index contributed by atoms with van der Waals surface area (Å²) in [5.41, 5.74) is 2.40. The number of benzene rings is 2. The number of thiocarbonyl (C=S) groups is 1. The summed E-state index contributed by atoms with van der Waals surface area (Å²) in [6, 6.07) is 10.8. The number of hydrogen-bond donors (Lipinski definition) is 1. The van der Waals surface area contributed by atoms with Crippen molar-refractivity contribution < 1.29 is 9.53 Å². The van der Waals surface area contributed by atoms with Crippen LogP contribution in [0.1, 0.15) is 5.56 Å². The highest BCUT2D eigenvalue weighted by Gasteiger charge is 2.22. The summed E-state index contributed by atoms with van der Waals surface area (Å²) < 4.78 is 5.89. The fourth-order valence-corrected chi connectivity index (χ4v) is 3.74. The van der Waals surface area contributed by atoms with E-state index in [1.54, 1.807) is 31.4 Å². The number of carbonyl (C=O) groups excluding carboxylic acids is 1. The van der Waals surface area contributed by atoms with Crippen LogP contribution < -0.4 is 10.1 Å². The Morgan fingerprint density at radius 3 is 2.62 bits per heavy atom. The third kappa shape index (κ3) is 3.59. The number of methoxy groups -OCH3 is 1. The first-order chi connectivity index (χ1) is 11.5. The summed E-state index contributed by atoms with van der Waals surface area (Å²) in [4.78, 5) is 12.4. The SMILES string of the molecule is COc1ccc(C=C2SC(=S)NC2=O)cc1-c1cc(Cl)ccc1Cl. The maximum Gasteiger partial charge on any atom is 0.263 e. The predicted molar refractivity (Wildman–Crippen MR) is 105 cm³/mol. The molecule has 0 radical (unpaired) electrons. The molecule has 24 heavy (non-hydrogen) atoms. The van der Waals surface area contributed by atoms with Crippen LogP contribution in [0.15, 0.2) is 41.3 Å². The minimum atomic E-state index is -0.192. The topological polar surface area (TPSA) is 38.3 Å². The lowest BCUT2D eigenvalue weighted by atomic mass is 10.0. The Labute approximate surface area is 159 Å². The van der Waals surface area contributed by atoms with Gasteiger partial charge < -0.3 is 10.1 Å². The van der Waals surface area contributed by atoms with Crippen LogP contribution in [0.25, 0.3) is 17.2 Å². The molecule has 3 rings (SSSR count). The summed E-state index contributed by atoms with van der Waals surface area (Å²) in [7, 11) is 1.59. The van der Waals surface area contributed by atoms with Gasteiger partial charge in [0.05, 0.1) is 12.0 Å². The second-order valence-electron chi connectivity index (χ2n) is 4.94. The lowest BCUT2D eigenvalue weighted by molar-refractivity contribution is -0.115. The van der Waals surface area contributed by atoms with E-state index in [2.05, 4.69) is 5.32 Å². The van der Waals surface area contributed by atoms with Gasteiger partial charge in [-0.25, -0.2) is 0 Å². The molecule has 0 aromatic heterocycles. The van der Waals surface area contributed by atoms with Crippen LogP contribution in [0.2, 0.25) is 10.0 Å². The maximum atomic E-state index is 11.8. The van der Waals surface area contributed by atoms with Gasteiger partial charge in [0, 0.05) is 21.2 Å². The number of thioether (sulfide) groups is 1. The lowest BCUT2D eigenvalue weighted by Crippen LogP contribution is -2.17. The van der Waals surface area contributed by atoms with Gasteiger partial charge in [0.1, 0.15) is 10.1 Å². The average Bonchev–Trinajstić information content (AvgIpc) is 2.87. The molecule has 1 fully saturated rings. The highest BCUT2D eigenvalue weighted by atomic mass is 35.5. The van der Waals surface area contributed by atoms with Gasteiger partial charge in [-0.05, 0) is 42.0 Å². The largest absolute Gasteiger partial charge is 0.496 e. The van der Waals surface area contributed by atoms with Crippen molar-refractivity contribution in [3.63, 3.8) is 0 Å². The molecule has 3 nitrogen and oxygen atoms in total. The van der Waals surface area contributed by atoms with Crippen molar-refractivity contribution in [2.24, 2.45) is 0 Å². The van der Waals surface area contributed by atoms with E-state index in [0.29, 0.717) is 25.0 Å². The van der Waals surface area contributed by atoms with E-state index in [9.17, 15) is 4.79 Å². The first-order valence-electron chi connectivity index (χ1n) is 6.86.